The van der Waals surface area contributed by atoms with E-state index in [1.807, 2.05) is 5.38 Å². The Kier molecular flexibility index (Phi) is 4.46. The summed E-state index contributed by atoms with van der Waals surface area (Å²) in [6.45, 7) is 0.319. The van der Waals surface area contributed by atoms with E-state index in [4.69, 9.17) is 0 Å². The lowest BCUT2D eigenvalue weighted by molar-refractivity contribution is 0.581. The summed E-state index contributed by atoms with van der Waals surface area (Å²) < 4.78 is 26.5. The first-order valence-corrected chi connectivity index (χ1v) is 8.05. The summed E-state index contributed by atoms with van der Waals surface area (Å²) in [5.74, 6) is 0.626. The minimum atomic E-state index is -3.50. The third-order valence-electron chi connectivity index (χ3n) is 2.46. The van der Waals surface area contributed by atoms with Gasteiger partial charge in [-0.2, -0.15) is 0 Å². The van der Waals surface area contributed by atoms with E-state index in [1.54, 1.807) is 18.6 Å². The number of hydrogen-bond donors (Lipinski definition) is 2. The average molecular weight is 298 g/mol. The molecule has 0 bridgehead atoms. The number of aromatic nitrogens is 2. The molecular formula is C11H14N4O2S2. The Morgan fingerprint density at radius 2 is 2.16 bits per heavy atom. The van der Waals surface area contributed by atoms with Crippen molar-refractivity contribution in [2.75, 3.05) is 18.9 Å². The number of nitrogens with one attached hydrogen (secondary N) is 2. The van der Waals surface area contributed by atoms with Gasteiger partial charge in [0.15, 0.2) is 0 Å². The molecule has 0 saturated carbocycles. The fourth-order valence-corrected chi connectivity index (χ4v) is 3.01. The van der Waals surface area contributed by atoms with Gasteiger partial charge in [-0.15, -0.1) is 11.3 Å². The van der Waals surface area contributed by atoms with Gasteiger partial charge < -0.3 is 5.32 Å². The predicted octanol–water partition coefficient (Wildman–Crippen LogP) is 1.10. The Morgan fingerprint density at radius 1 is 1.32 bits per heavy atom. The van der Waals surface area contributed by atoms with E-state index >= 15 is 0 Å². The van der Waals surface area contributed by atoms with E-state index in [2.05, 4.69) is 20.0 Å². The number of hydrogen-bond acceptors (Lipinski definition) is 6. The van der Waals surface area contributed by atoms with Crippen LogP contribution in [0.2, 0.25) is 0 Å². The van der Waals surface area contributed by atoms with Crippen molar-refractivity contribution in [2.24, 2.45) is 0 Å². The van der Waals surface area contributed by atoms with E-state index in [1.165, 1.54) is 23.6 Å². The number of pyridine rings is 1. The molecule has 2 heterocycles. The SMILES string of the molecule is CNc1ccc(S(=O)(=O)NCCc2cscn2)cn1. The fourth-order valence-electron chi connectivity index (χ4n) is 1.44. The first kappa shape index (κ1) is 13.9. The molecule has 2 rings (SSSR count). The number of anilines is 1. The highest BCUT2D eigenvalue weighted by Gasteiger charge is 2.13. The van der Waals surface area contributed by atoms with Crippen molar-refractivity contribution in [2.45, 2.75) is 11.3 Å². The van der Waals surface area contributed by atoms with Crippen molar-refractivity contribution < 1.29 is 8.42 Å². The molecule has 2 N–H and O–H groups in total. The maximum Gasteiger partial charge on any atom is 0.242 e. The van der Waals surface area contributed by atoms with Crippen molar-refractivity contribution in [3.63, 3.8) is 0 Å². The maximum atomic E-state index is 12.0. The Bertz CT molecular complexity index is 609. The Morgan fingerprint density at radius 3 is 2.74 bits per heavy atom. The van der Waals surface area contributed by atoms with Crippen LogP contribution in [0.3, 0.4) is 0 Å². The Labute approximate surface area is 116 Å². The quantitative estimate of drug-likeness (QED) is 0.834. The largest absolute Gasteiger partial charge is 0.373 e. The molecule has 102 valence electrons. The van der Waals surface area contributed by atoms with E-state index in [0.29, 0.717) is 18.8 Å². The molecule has 2 aromatic heterocycles. The van der Waals surface area contributed by atoms with Gasteiger partial charge in [0, 0.05) is 31.6 Å². The molecule has 0 atom stereocenters. The molecule has 0 saturated heterocycles. The lowest BCUT2D eigenvalue weighted by Crippen LogP contribution is -2.26. The van der Waals surface area contributed by atoms with Gasteiger partial charge in [-0.25, -0.2) is 23.1 Å². The molecule has 2 aromatic rings. The lowest BCUT2D eigenvalue weighted by atomic mass is 10.3. The zero-order chi connectivity index (χ0) is 13.7. The van der Waals surface area contributed by atoms with E-state index in [-0.39, 0.29) is 4.90 Å². The highest BCUT2D eigenvalue weighted by molar-refractivity contribution is 7.89. The number of sulfonamides is 1. The second-order valence-electron chi connectivity index (χ2n) is 3.76. The summed E-state index contributed by atoms with van der Waals surface area (Å²) in [6.07, 6.45) is 1.90. The number of nitrogens with zero attached hydrogens (tertiary/aromatic N) is 2. The summed E-state index contributed by atoms with van der Waals surface area (Å²) in [6, 6.07) is 3.14. The molecule has 0 unspecified atom stereocenters. The van der Waals surface area contributed by atoms with Crippen LogP contribution < -0.4 is 10.0 Å². The zero-order valence-corrected chi connectivity index (χ0v) is 12.0. The minimum absolute atomic E-state index is 0.157. The first-order valence-electron chi connectivity index (χ1n) is 5.62. The van der Waals surface area contributed by atoms with Crippen LogP contribution in [-0.2, 0) is 16.4 Å². The van der Waals surface area contributed by atoms with E-state index in [9.17, 15) is 8.42 Å². The fraction of sp³-hybridized carbons (Fsp3) is 0.273. The number of thiazole rings is 1. The van der Waals surface area contributed by atoms with Crippen LogP contribution in [0.1, 0.15) is 5.69 Å². The van der Waals surface area contributed by atoms with Crippen molar-refractivity contribution in [1.82, 2.24) is 14.7 Å². The van der Waals surface area contributed by atoms with Crippen LogP contribution >= 0.6 is 11.3 Å². The van der Waals surface area contributed by atoms with Crippen LogP contribution in [-0.4, -0.2) is 32.0 Å². The normalized spacial score (nSPS) is 11.4. The Hall–Kier alpha value is -1.51. The molecule has 0 spiro atoms. The summed E-state index contributed by atoms with van der Waals surface area (Å²) in [4.78, 5) is 8.23. The highest BCUT2D eigenvalue weighted by atomic mass is 32.2. The Balaban J connectivity index is 1.97. The van der Waals surface area contributed by atoms with Crippen LogP contribution in [0.4, 0.5) is 5.82 Å². The third kappa shape index (κ3) is 3.72. The molecule has 0 aliphatic heterocycles. The number of rotatable bonds is 6. The molecule has 19 heavy (non-hydrogen) atoms. The van der Waals surface area contributed by atoms with E-state index < -0.39 is 10.0 Å². The maximum absolute atomic E-state index is 12.0. The van der Waals surface area contributed by atoms with Gasteiger partial charge in [0.2, 0.25) is 10.0 Å². The monoisotopic (exact) mass is 298 g/mol. The van der Waals surface area contributed by atoms with Crippen LogP contribution in [0, 0.1) is 0 Å². The highest BCUT2D eigenvalue weighted by Crippen LogP contribution is 2.10. The van der Waals surface area contributed by atoms with Gasteiger partial charge in [-0.1, -0.05) is 0 Å². The van der Waals surface area contributed by atoms with Gasteiger partial charge in [-0.05, 0) is 12.1 Å². The molecule has 0 aliphatic carbocycles. The molecule has 0 aliphatic rings. The van der Waals surface area contributed by atoms with Crippen LogP contribution in [0.25, 0.3) is 0 Å². The molecule has 6 nitrogen and oxygen atoms in total. The van der Waals surface area contributed by atoms with Gasteiger partial charge in [0.25, 0.3) is 0 Å². The smallest absolute Gasteiger partial charge is 0.242 e. The zero-order valence-electron chi connectivity index (χ0n) is 10.3. The van der Waals surface area contributed by atoms with Gasteiger partial charge >= 0.3 is 0 Å². The minimum Gasteiger partial charge on any atom is -0.373 e. The van der Waals surface area contributed by atoms with Crippen molar-refractivity contribution in [3.8, 4) is 0 Å². The molecule has 0 amide bonds. The molecule has 0 radical (unpaired) electrons. The van der Waals surface area contributed by atoms with Crippen molar-refractivity contribution >= 4 is 27.2 Å². The van der Waals surface area contributed by atoms with Crippen molar-refractivity contribution in [3.05, 3.63) is 34.9 Å². The second kappa shape index (κ2) is 6.09. The van der Waals surface area contributed by atoms with Crippen LogP contribution in [0.5, 0.6) is 0 Å². The molecular weight excluding hydrogens is 284 g/mol. The van der Waals surface area contributed by atoms with Crippen molar-refractivity contribution in [1.29, 1.82) is 0 Å². The van der Waals surface area contributed by atoms with E-state index in [0.717, 1.165) is 5.69 Å². The van der Waals surface area contributed by atoms with Gasteiger partial charge in [0.1, 0.15) is 10.7 Å². The summed E-state index contributed by atoms with van der Waals surface area (Å²) in [7, 11) is -1.78. The van der Waals surface area contributed by atoms with Gasteiger partial charge in [0.05, 0.1) is 11.2 Å². The topological polar surface area (TPSA) is 84.0 Å². The molecule has 0 aromatic carbocycles. The lowest BCUT2D eigenvalue weighted by Gasteiger charge is -2.06. The first-order chi connectivity index (χ1) is 9.12. The van der Waals surface area contributed by atoms with Gasteiger partial charge in [-0.3, -0.25) is 0 Å². The standard InChI is InChI=1S/C11H14N4O2S2/c1-12-11-3-2-10(6-13-11)19(16,17)15-5-4-9-7-18-8-14-9/h2-3,6-8,15H,4-5H2,1H3,(H,12,13). The predicted molar refractivity (Wildman–Crippen MR) is 74.8 cm³/mol. The molecule has 8 heteroatoms. The summed E-state index contributed by atoms with van der Waals surface area (Å²) >= 11 is 1.49. The summed E-state index contributed by atoms with van der Waals surface area (Å²) in [5, 5.41) is 4.73. The average Bonchev–Trinajstić information content (AvgIpc) is 2.92. The second-order valence-corrected chi connectivity index (χ2v) is 6.24. The summed E-state index contributed by atoms with van der Waals surface area (Å²) in [5.41, 5.74) is 2.61. The molecule has 0 fully saturated rings. The van der Waals surface area contributed by atoms with Crippen LogP contribution in [0.15, 0.2) is 34.1 Å². The third-order valence-corrected chi connectivity index (χ3v) is 4.54.